The predicted octanol–water partition coefficient (Wildman–Crippen LogP) is 1.36. The zero-order valence-electron chi connectivity index (χ0n) is 12.7. The third-order valence-corrected chi connectivity index (χ3v) is 4.36. The Hall–Kier alpha value is -0.810. The van der Waals surface area contributed by atoms with Gasteiger partial charge in [0, 0.05) is 12.5 Å². The van der Waals surface area contributed by atoms with E-state index in [-0.39, 0.29) is 30.8 Å². The molecule has 0 aromatic heterocycles. The predicted molar refractivity (Wildman–Crippen MR) is 85.5 cm³/mol. The normalized spacial score (nSPS) is 22.4. The van der Waals surface area contributed by atoms with Crippen molar-refractivity contribution in [1.29, 1.82) is 0 Å². The standard InChI is InChI=1S/C15H27N3O2.ClH/c19-14(7-6-12-8-9-16-10-12)17-11-15(20)18-13-4-2-1-3-5-13;/h12-13,16H,1-11H2,(H,17,19)(H,18,20);1H. The van der Waals surface area contributed by atoms with Crippen molar-refractivity contribution in [3.05, 3.63) is 0 Å². The highest BCUT2D eigenvalue weighted by Crippen LogP contribution is 2.17. The molecule has 1 atom stereocenters. The van der Waals surface area contributed by atoms with E-state index in [0.29, 0.717) is 18.4 Å². The van der Waals surface area contributed by atoms with Gasteiger partial charge in [0.25, 0.3) is 0 Å². The Morgan fingerprint density at radius 1 is 1.05 bits per heavy atom. The molecule has 5 nitrogen and oxygen atoms in total. The van der Waals surface area contributed by atoms with Crippen LogP contribution in [0.2, 0.25) is 0 Å². The average Bonchev–Trinajstić information content (AvgIpc) is 2.97. The Morgan fingerprint density at radius 2 is 1.81 bits per heavy atom. The molecule has 0 radical (unpaired) electrons. The molecule has 6 heteroatoms. The van der Waals surface area contributed by atoms with Crippen molar-refractivity contribution in [3.63, 3.8) is 0 Å². The molecule has 0 aromatic carbocycles. The second-order valence-corrected chi connectivity index (χ2v) is 6.08. The van der Waals surface area contributed by atoms with Gasteiger partial charge in [-0.1, -0.05) is 19.3 Å². The van der Waals surface area contributed by atoms with E-state index in [1.165, 1.54) is 19.3 Å². The summed E-state index contributed by atoms with van der Waals surface area (Å²) in [7, 11) is 0. The Kier molecular flexibility index (Phi) is 8.69. The van der Waals surface area contributed by atoms with E-state index in [9.17, 15) is 9.59 Å². The van der Waals surface area contributed by atoms with Gasteiger partial charge in [-0.2, -0.15) is 0 Å². The number of halogens is 1. The molecule has 2 amide bonds. The molecule has 2 fully saturated rings. The van der Waals surface area contributed by atoms with Gasteiger partial charge in [0.1, 0.15) is 0 Å². The smallest absolute Gasteiger partial charge is 0.239 e. The van der Waals surface area contributed by atoms with Gasteiger partial charge in [-0.05, 0) is 44.7 Å². The fourth-order valence-corrected chi connectivity index (χ4v) is 3.09. The number of amides is 2. The highest BCUT2D eigenvalue weighted by atomic mass is 35.5. The second kappa shape index (κ2) is 10.0. The summed E-state index contributed by atoms with van der Waals surface area (Å²) in [5, 5.41) is 9.03. The Morgan fingerprint density at radius 3 is 2.48 bits per heavy atom. The summed E-state index contributed by atoms with van der Waals surface area (Å²) in [4.78, 5) is 23.4. The molecule has 2 aliphatic rings. The van der Waals surface area contributed by atoms with E-state index >= 15 is 0 Å². The minimum absolute atomic E-state index is 0. The molecule has 1 unspecified atom stereocenters. The Bertz CT molecular complexity index is 327. The van der Waals surface area contributed by atoms with Crippen LogP contribution in [-0.4, -0.2) is 37.5 Å². The lowest BCUT2D eigenvalue weighted by molar-refractivity contribution is -0.126. The fraction of sp³-hybridized carbons (Fsp3) is 0.867. The van der Waals surface area contributed by atoms with Crippen molar-refractivity contribution < 1.29 is 9.59 Å². The number of hydrogen-bond donors (Lipinski definition) is 3. The zero-order chi connectivity index (χ0) is 14.2. The van der Waals surface area contributed by atoms with Gasteiger partial charge >= 0.3 is 0 Å². The first kappa shape index (κ1) is 18.2. The highest BCUT2D eigenvalue weighted by Gasteiger charge is 2.17. The summed E-state index contributed by atoms with van der Waals surface area (Å²) < 4.78 is 0. The molecule has 1 saturated heterocycles. The first-order valence-electron chi connectivity index (χ1n) is 8.01. The lowest BCUT2D eigenvalue weighted by Gasteiger charge is -2.22. The molecule has 0 bridgehead atoms. The van der Waals surface area contributed by atoms with E-state index in [4.69, 9.17) is 0 Å². The van der Waals surface area contributed by atoms with Crippen LogP contribution in [-0.2, 0) is 9.59 Å². The van der Waals surface area contributed by atoms with Crippen LogP contribution in [0.1, 0.15) is 51.4 Å². The number of rotatable bonds is 6. The van der Waals surface area contributed by atoms with Gasteiger partial charge in [0.05, 0.1) is 6.54 Å². The summed E-state index contributed by atoms with van der Waals surface area (Å²) in [6, 6.07) is 0.317. The molecule has 0 aromatic rings. The van der Waals surface area contributed by atoms with Gasteiger partial charge in [-0.25, -0.2) is 0 Å². The average molecular weight is 318 g/mol. The Labute approximate surface area is 133 Å². The first-order valence-corrected chi connectivity index (χ1v) is 8.01. The largest absolute Gasteiger partial charge is 0.352 e. The van der Waals surface area contributed by atoms with Crippen molar-refractivity contribution in [1.82, 2.24) is 16.0 Å². The van der Waals surface area contributed by atoms with E-state index < -0.39 is 0 Å². The molecular formula is C15H28ClN3O2. The summed E-state index contributed by atoms with van der Waals surface area (Å²) in [6.07, 6.45) is 8.45. The summed E-state index contributed by atoms with van der Waals surface area (Å²) in [6.45, 7) is 2.21. The van der Waals surface area contributed by atoms with Crippen molar-refractivity contribution in [2.75, 3.05) is 19.6 Å². The summed E-state index contributed by atoms with van der Waals surface area (Å²) >= 11 is 0. The van der Waals surface area contributed by atoms with Crippen LogP contribution >= 0.6 is 12.4 Å². The van der Waals surface area contributed by atoms with E-state index in [1.54, 1.807) is 0 Å². The number of carbonyl (C=O) groups excluding carboxylic acids is 2. The third-order valence-electron chi connectivity index (χ3n) is 4.36. The molecule has 2 rings (SSSR count). The van der Waals surface area contributed by atoms with Gasteiger partial charge < -0.3 is 16.0 Å². The lowest BCUT2D eigenvalue weighted by Crippen LogP contribution is -2.42. The summed E-state index contributed by atoms with van der Waals surface area (Å²) in [5.41, 5.74) is 0. The van der Waals surface area contributed by atoms with Crippen molar-refractivity contribution in [2.24, 2.45) is 5.92 Å². The van der Waals surface area contributed by atoms with Crippen LogP contribution in [0.15, 0.2) is 0 Å². The molecule has 1 saturated carbocycles. The maximum absolute atomic E-state index is 11.7. The van der Waals surface area contributed by atoms with Gasteiger partial charge in [0.15, 0.2) is 0 Å². The lowest BCUT2D eigenvalue weighted by atomic mass is 9.95. The first-order chi connectivity index (χ1) is 9.74. The molecule has 21 heavy (non-hydrogen) atoms. The molecular weight excluding hydrogens is 290 g/mol. The molecule has 1 aliphatic heterocycles. The van der Waals surface area contributed by atoms with Gasteiger partial charge in [-0.15, -0.1) is 12.4 Å². The van der Waals surface area contributed by atoms with E-state index in [0.717, 1.165) is 38.8 Å². The van der Waals surface area contributed by atoms with Crippen molar-refractivity contribution in [3.8, 4) is 0 Å². The fourth-order valence-electron chi connectivity index (χ4n) is 3.09. The molecule has 1 heterocycles. The quantitative estimate of drug-likeness (QED) is 0.693. The van der Waals surface area contributed by atoms with Crippen LogP contribution in [0.5, 0.6) is 0 Å². The van der Waals surface area contributed by atoms with Crippen LogP contribution < -0.4 is 16.0 Å². The second-order valence-electron chi connectivity index (χ2n) is 6.08. The highest BCUT2D eigenvalue weighted by molar-refractivity contribution is 5.85. The maximum atomic E-state index is 11.7. The zero-order valence-corrected chi connectivity index (χ0v) is 13.5. The van der Waals surface area contributed by atoms with E-state index in [2.05, 4.69) is 16.0 Å². The van der Waals surface area contributed by atoms with Crippen molar-refractivity contribution in [2.45, 2.75) is 57.4 Å². The van der Waals surface area contributed by atoms with Gasteiger partial charge in [-0.3, -0.25) is 9.59 Å². The summed E-state index contributed by atoms with van der Waals surface area (Å²) in [5.74, 6) is 0.570. The van der Waals surface area contributed by atoms with Crippen LogP contribution in [0.4, 0.5) is 0 Å². The number of carbonyl (C=O) groups is 2. The molecule has 122 valence electrons. The van der Waals surface area contributed by atoms with E-state index in [1.807, 2.05) is 0 Å². The molecule has 1 aliphatic carbocycles. The Balaban J connectivity index is 0.00000220. The van der Waals surface area contributed by atoms with Crippen LogP contribution in [0.3, 0.4) is 0 Å². The van der Waals surface area contributed by atoms with Gasteiger partial charge in [0.2, 0.25) is 11.8 Å². The van der Waals surface area contributed by atoms with Crippen LogP contribution in [0, 0.1) is 5.92 Å². The topological polar surface area (TPSA) is 70.2 Å². The monoisotopic (exact) mass is 317 g/mol. The number of nitrogens with one attached hydrogen (secondary N) is 3. The minimum Gasteiger partial charge on any atom is -0.352 e. The third kappa shape index (κ3) is 7.14. The van der Waals surface area contributed by atoms with Crippen LogP contribution in [0.25, 0.3) is 0 Å². The molecule has 0 spiro atoms. The minimum atomic E-state index is -0.0483. The SMILES string of the molecule is Cl.O=C(CCC1CCNC1)NCC(=O)NC1CCCCC1. The number of hydrogen-bond acceptors (Lipinski definition) is 3. The maximum Gasteiger partial charge on any atom is 0.239 e. The van der Waals surface area contributed by atoms with Crippen molar-refractivity contribution >= 4 is 24.2 Å². The molecule has 3 N–H and O–H groups in total.